The van der Waals surface area contributed by atoms with Gasteiger partial charge in [-0.1, -0.05) is 32.0 Å². The Bertz CT molecular complexity index is 1200. The number of sulfonamides is 1. The molecule has 1 fully saturated rings. The number of carbonyl (C=O) groups excluding carboxylic acids is 1. The van der Waals surface area contributed by atoms with Crippen LogP contribution < -0.4 is 10.3 Å². The van der Waals surface area contributed by atoms with Crippen LogP contribution in [0.2, 0.25) is 0 Å². The average molecular weight is 469 g/mol. The minimum Gasteiger partial charge on any atom is -0.379 e. The van der Waals surface area contributed by atoms with Crippen molar-refractivity contribution in [2.45, 2.75) is 24.2 Å². The lowest BCUT2D eigenvalue weighted by Gasteiger charge is -2.26. The molecule has 9 heteroatoms. The molecule has 2 aliphatic heterocycles. The first kappa shape index (κ1) is 23.2. The highest BCUT2D eigenvalue weighted by atomic mass is 32.2. The van der Waals surface area contributed by atoms with Crippen molar-refractivity contribution in [3.8, 4) is 0 Å². The van der Waals surface area contributed by atoms with Crippen LogP contribution in [0.25, 0.3) is 0 Å². The maximum absolute atomic E-state index is 12.7. The zero-order valence-corrected chi connectivity index (χ0v) is 19.8. The molecule has 0 saturated carbocycles. The fraction of sp³-hybridized carbons (Fsp3) is 0.333. The molecule has 0 unspecified atom stereocenters. The molecular weight excluding hydrogens is 440 g/mol. The van der Waals surface area contributed by atoms with Crippen LogP contribution >= 0.6 is 0 Å². The summed E-state index contributed by atoms with van der Waals surface area (Å²) >= 11 is 0. The van der Waals surface area contributed by atoms with Gasteiger partial charge in [-0.05, 0) is 42.0 Å². The van der Waals surface area contributed by atoms with Crippen LogP contribution in [0.5, 0.6) is 0 Å². The third-order valence-corrected chi connectivity index (χ3v) is 8.05. The largest absolute Gasteiger partial charge is 0.379 e. The Morgan fingerprint density at radius 1 is 1.09 bits per heavy atom. The van der Waals surface area contributed by atoms with E-state index in [-0.39, 0.29) is 10.3 Å². The average Bonchev–Trinajstić information content (AvgIpc) is 3.02. The van der Waals surface area contributed by atoms with E-state index in [0.717, 1.165) is 11.4 Å². The zero-order valence-electron chi connectivity index (χ0n) is 19.0. The SMILES string of the molecule is CN1C(=CC=NNC(=O)c2ccc(S(=O)(=O)N3CCOCC3)cc2)C(C)(C)c2ccccc21. The molecule has 2 aromatic rings. The van der Waals surface area contributed by atoms with Crippen molar-refractivity contribution in [2.75, 3.05) is 38.3 Å². The molecule has 0 atom stereocenters. The number of likely N-dealkylation sites (N-methyl/N-ethyl adjacent to an activating group) is 1. The highest BCUT2D eigenvalue weighted by Gasteiger charge is 2.37. The Hall–Kier alpha value is -3.01. The van der Waals surface area contributed by atoms with Gasteiger partial charge in [-0.15, -0.1) is 0 Å². The van der Waals surface area contributed by atoms with Gasteiger partial charge in [0.2, 0.25) is 10.0 Å². The highest BCUT2D eigenvalue weighted by Crippen LogP contribution is 2.46. The molecule has 174 valence electrons. The molecule has 2 aliphatic rings. The Kier molecular flexibility index (Phi) is 6.38. The lowest BCUT2D eigenvalue weighted by molar-refractivity contribution is 0.0730. The van der Waals surface area contributed by atoms with E-state index in [1.807, 2.05) is 25.3 Å². The van der Waals surface area contributed by atoms with E-state index in [1.54, 1.807) is 6.21 Å². The molecule has 2 heterocycles. The Morgan fingerprint density at radius 2 is 1.76 bits per heavy atom. The van der Waals surface area contributed by atoms with Crippen LogP contribution in [0.4, 0.5) is 5.69 Å². The van der Waals surface area contributed by atoms with E-state index in [9.17, 15) is 13.2 Å². The van der Waals surface area contributed by atoms with Crippen molar-refractivity contribution in [2.24, 2.45) is 5.10 Å². The van der Waals surface area contributed by atoms with E-state index >= 15 is 0 Å². The standard InChI is InChI=1S/C24H28N4O4S/c1-24(2)20-6-4-5-7-21(20)27(3)22(24)12-13-25-26-23(29)18-8-10-19(11-9-18)33(30,31)28-14-16-32-17-15-28/h4-13H,14-17H2,1-3H3,(H,26,29). The molecule has 33 heavy (non-hydrogen) atoms. The predicted octanol–water partition coefficient (Wildman–Crippen LogP) is 2.73. The van der Waals surface area contributed by atoms with Crippen LogP contribution in [0.3, 0.4) is 0 Å². The van der Waals surface area contributed by atoms with Crippen LogP contribution in [0.1, 0.15) is 29.8 Å². The van der Waals surface area contributed by atoms with Crippen LogP contribution in [-0.4, -0.2) is 58.2 Å². The lowest BCUT2D eigenvalue weighted by atomic mass is 9.84. The van der Waals surface area contributed by atoms with E-state index < -0.39 is 15.9 Å². The van der Waals surface area contributed by atoms with Gasteiger partial charge in [0.25, 0.3) is 5.91 Å². The summed E-state index contributed by atoms with van der Waals surface area (Å²) in [5, 5.41) is 4.05. The number of ether oxygens (including phenoxy) is 1. The summed E-state index contributed by atoms with van der Waals surface area (Å²) in [6.45, 7) is 5.72. The summed E-state index contributed by atoms with van der Waals surface area (Å²) in [7, 11) is -1.58. The van der Waals surface area contributed by atoms with E-state index in [2.05, 4.69) is 41.4 Å². The third kappa shape index (κ3) is 4.44. The van der Waals surface area contributed by atoms with Gasteiger partial charge in [0.1, 0.15) is 0 Å². The van der Waals surface area contributed by atoms with Crippen LogP contribution in [-0.2, 0) is 20.2 Å². The Labute approximate surface area is 194 Å². The minimum atomic E-state index is -3.59. The number of rotatable bonds is 5. The summed E-state index contributed by atoms with van der Waals surface area (Å²) in [5.74, 6) is -0.415. The number of para-hydroxylation sites is 1. The smallest absolute Gasteiger partial charge is 0.271 e. The van der Waals surface area contributed by atoms with Gasteiger partial charge in [-0.25, -0.2) is 13.8 Å². The van der Waals surface area contributed by atoms with Gasteiger partial charge in [0.15, 0.2) is 0 Å². The Balaban J connectivity index is 1.41. The molecule has 1 saturated heterocycles. The molecule has 8 nitrogen and oxygen atoms in total. The number of morpholine rings is 1. The molecule has 1 N–H and O–H groups in total. The number of hydrazone groups is 1. The molecule has 0 radical (unpaired) electrons. The van der Waals surface area contributed by atoms with Gasteiger partial charge < -0.3 is 9.64 Å². The monoisotopic (exact) mass is 468 g/mol. The van der Waals surface area contributed by atoms with Crippen molar-refractivity contribution in [1.29, 1.82) is 0 Å². The molecule has 1 amide bonds. The quantitative estimate of drug-likeness (QED) is 0.538. The number of benzene rings is 2. The fourth-order valence-electron chi connectivity index (χ4n) is 4.28. The number of amides is 1. The van der Waals surface area contributed by atoms with Crippen molar-refractivity contribution in [3.05, 3.63) is 71.4 Å². The second kappa shape index (κ2) is 9.09. The molecule has 4 rings (SSSR count). The Morgan fingerprint density at radius 3 is 2.42 bits per heavy atom. The lowest BCUT2D eigenvalue weighted by Crippen LogP contribution is -2.40. The summed E-state index contributed by atoms with van der Waals surface area (Å²) in [5.41, 5.74) is 6.11. The van der Waals surface area contributed by atoms with Gasteiger partial charge in [0.05, 0.1) is 18.1 Å². The fourth-order valence-corrected chi connectivity index (χ4v) is 5.69. The molecular formula is C24H28N4O4S. The number of nitrogens with zero attached hydrogens (tertiary/aromatic N) is 3. The highest BCUT2D eigenvalue weighted by molar-refractivity contribution is 7.89. The van der Waals surface area contributed by atoms with E-state index in [1.165, 1.54) is 34.1 Å². The number of fused-ring (bicyclic) bond motifs is 1. The summed E-state index contributed by atoms with van der Waals surface area (Å²) < 4.78 is 32.0. The summed E-state index contributed by atoms with van der Waals surface area (Å²) in [4.78, 5) is 14.7. The van der Waals surface area contributed by atoms with Crippen molar-refractivity contribution < 1.29 is 17.9 Å². The second-order valence-corrected chi connectivity index (χ2v) is 10.5. The number of nitrogens with one attached hydrogen (secondary N) is 1. The zero-order chi connectivity index (χ0) is 23.6. The minimum absolute atomic E-state index is 0.153. The van der Waals surface area contributed by atoms with Gasteiger partial charge in [-0.2, -0.15) is 9.41 Å². The van der Waals surface area contributed by atoms with Crippen molar-refractivity contribution in [3.63, 3.8) is 0 Å². The molecule has 2 aromatic carbocycles. The van der Waals surface area contributed by atoms with Crippen LogP contribution in [0, 0.1) is 0 Å². The van der Waals surface area contributed by atoms with Gasteiger partial charge in [-0.3, -0.25) is 4.79 Å². The maximum atomic E-state index is 12.7. The second-order valence-electron chi connectivity index (χ2n) is 8.51. The number of hydrogen-bond donors (Lipinski definition) is 1. The van der Waals surface area contributed by atoms with Crippen molar-refractivity contribution in [1.82, 2.24) is 9.73 Å². The summed E-state index contributed by atoms with van der Waals surface area (Å²) in [6.07, 6.45) is 3.45. The van der Waals surface area contributed by atoms with Gasteiger partial charge >= 0.3 is 0 Å². The molecule has 0 aromatic heterocycles. The topological polar surface area (TPSA) is 91.3 Å². The maximum Gasteiger partial charge on any atom is 0.271 e. The number of allylic oxidation sites excluding steroid dienone is 2. The van der Waals surface area contributed by atoms with Crippen molar-refractivity contribution >= 4 is 27.8 Å². The normalized spacial score (nSPS) is 19.7. The third-order valence-electron chi connectivity index (χ3n) is 6.14. The number of anilines is 1. The first-order chi connectivity index (χ1) is 15.7. The first-order valence-corrected chi connectivity index (χ1v) is 12.2. The van der Waals surface area contributed by atoms with Crippen LogP contribution in [0.15, 0.2) is 70.3 Å². The van der Waals surface area contributed by atoms with E-state index in [0.29, 0.717) is 31.9 Å². The molecule has 0 aliphatic carbocycles. The predicted molar refractivity (Wildman–Crippen MR) is 128 cm³/mol. The molecule has 0 bridgehead atoms. The van der Waals surface area contributed by atoms with E-state index in [4.69, 9.17) is 4.74 Å². The number of hydrogen-bond acceptors (Lipinski definition) is 6. The van der Waals surface area contributed by atoms with Gasteiger partial charge in [0, 0.05) is 48.7 Å². The summed E-state index contributed by atoms with van der Waals surface area (Å²) in [6, 6.07) is 14.1. The number of carbonyl (C=O) groups is 1. The molecule has 0 spiro atoms. The first-order valence-electron chi connectivity index (χ1n) is 10.8.